The predicted molar refractivity (Wildman–Crippen MR) is 72.9 cm³/mol. The highest BCUT2D eigenvalue weighted by atomic mass is 32.1. The number of aliphatic hydroxyl groups excluding tert-OH is 1. The number of rotatable bonds is 3. The van der Waals surface area contributed by atoms with Crippen LogP contribution < -0.4 is 5.32 Å². The third kappa shape index (κ3) is 3.61. The molecule has 0 radical (unpaired) electrons. The minimum Gasteiger partial charge on any atom is -0.395 e. The van der Waals surface area contributed by atoms with Crippen LogP contribution in [0, 0.1) is 11.8 Å². The van der Waals surface area contributed by atoms with Crippen LogP contribution in [0.5, 0.6) is 0 Å². The lowest BCUT2D eigenvalue weighted by molar-refractivity contribution is 0.102. The van der Waals surface area contributed by atoms with E-state index in [-0.39, 0.29) is 12.5 Å². The van der Waals surface area contributed by atoms with Crippen LogP contribution >= 0.6 is 11.3 Å². The fourth-order valence-electron chi connectivity index (χ4n) is 1.36. The number of hydrogen-bond donors (Lipinski definition) is 2. The molecule has 0 spiro atoms. The van der Waals surface area contributed by atoms with Crippen molar-refractivity contribution in [3.8, 4) is 11.8 Å². The van der Waals surface area contributed by atoms with Crippen LogP contribution in [0.15, 0.2) is 30.0 Å². The van der Waals surface area contributed by atoms with E-state index in [1.807, 2.05) is 0 Å². The molecule has 2 rings (SSSR count). The van der Waals surface area contributed by atoms with E-state index < -0.39 is 0 Å². The van der Waals surface area contributed by atoms with E-state index in [1.165, 1.54) is 23.7 Å². The highest BCUT2D eigenvalue weighted by molar-refractivity contribution is 7.13. The summed E-state index contributed by atoms with van der Waals surface area (Å²) in [6.45, 7) is -0.00604. The van der Waals surface area contributed by atoms with Crippen LogP contribution in [0.1, 0.15) is 22.3 Å². The molecule has 0 atom stereocenters. The summed E-state index contributed by atoms with van der Waals surface area (Å²) in [4.78, 5) is 20.0. The molecule has 0 saturated carbocycles. The lowest BCUT2D eigenvalue weighted by Crippen LogP contribution is -2.13. The summed E-state index contributed by atoms with van der Waals surface area (Å²) in [6.07, 6.45) is 5.05. The van der Waals surface area contributed by atoms with E-state index in [1.54, 1.807) is 17.6 Å². The second-order valence-electron chi connectivity index (χ2n) is 3.49. The number of carbonyl (C=O) groups is 1. The van der Waals surface area contributed by atoms with Gasteiger partial charge in [0.1, 0.15) is 0 Å². The van der Waals surface area contributed by atoms with Gasteiger partial charge in [-0.25, -0.2) is 4.98 Å². The fourth-order valence-corrected chi connectivity index (χ4v) is 1.88. The first kappa shape index (κ1) is 13.2. The average Bonchev–Trinajstić information content (AvgIpc) is 2.92. The lowest BCUT2D eigenvalue weighted by atomic mass is 10.1. The number of aromatic nitrogens is 2. The van der Waals surface area contributed by atoms with Gasteiger partial charge in [0.25, 0.3) is 5.91 Å². The van der Waals surface area contributed by atoms with Gasteiger partial charge in [-0.1, -0.05) is 11.8 Å². The molecule has 0 aliphatic heterocycles. The molecular weight excluding hydrogens is 262 g/mol. The molecule has 1 amide bonds. The average molecular weight is 273 g/mol. The van der Waals surface area contributed by atoms with E-state index in [9.17, 15) is 4.79 Å². The molecule has 2 aromatic rings. The van der Waals surface area contributed by atoms with Gasteiger partial charge in [0, 0.05) is 30.4 Å². The van der Waals surface area contributed by atoms with Gasteiger partial charge in [0.05, 0.1) is 17.7 Å². The predicted octanol–water partition coefficient (Wildman–Crippen LogP) is 1.52. The maximum Gasteiger partial charge on any atom is 0.258 e. The van der Waals surface area contributed by atoms with E-state index in [0.29, 0.717) is 22.7 Å². The highest BCUT2D eigenvalue weighted by Gasteiger charge is 2.11. The molecule has 5 nitrogen and oxygen atoms in total. The van der Waals surface area contributed by atoms with E-state index in [2.05, 4.69) is 27.1 Å². The third-order valence-corrected chi connectivity index (χ3v) is 2.87. The summed E-state index contributed by atoms with van der Waals surface area (Å²) in [6, 6.07) is 1.60. The van der Waals surface area contributed by atoms with Crippen LogP contribution in [0.2, 0.25) is 0 Å². The first-order valence-corrected chi connectivity index (χ1v) is 6.44. The minimum atomic E-state index is -0.273. The summed E-state index contributed by atoms with van der Waals surface area (Å²) in [5.41, 5.74) is 0.973. The molecule has 0 unspecified atom stereocenters. The quantitative estimate of drug-likeness (QED) is 0.831. The normalized spacial score (nSPS) is 9.53. The van der Waals surface area contributed by atoms with Crippen molar-refractivity contribution in [1.29, 1.82) is 0 Å². The fraction of sp³-hybridized carbons (Fsp3) is 0.154. The summed E-state index contributed by atoms with van der Waals surface area (Å²) >= 11 is 1.35. The molecule has 0 aromatic carbocycles. The summed E-state index contributed by atoms with van der Waals surface area (Å²) in [5.74, 6) is 5.32. The van der Waals surface area contributed by atoms with E-state index in [0.717, 1.165) is 0 Å². The van der Waals surface area contributed by atoms with Crippen molar-refractivity contribution in [2.24, 2.45) is 0 Å². The summed E-state index contributed by atoms with van der Waals surface area (Å²) < 4.78 is 0. The van der Waals surface area contributed by atoms with Crippen LogP contribution in [-0.2, 0) is 0 Å². The van der Waals surface area contributed by atoms with Gasteiger partial charge >= 0.3 is 0 Å². The first-order valence-electron chi connectivity index (χ1n) is 5.56. The molecule has 96 valence electrons. The number of thiazole rings is 1. The number of amides is 1. The Hall–Kier alpha value is -2.23. The first-order chi connectivity index (χ1) is 9.31. The summed E-state index contributed by atoms with van der Waals surface area (Å²) in [7, 11) is 0. The number of hydrogen-bond acceptors (Lipinski definition) is 5. The number of nitrogens with zero attached hydrogens (tertiary/aromatic N) is 2. The number of anilines is 1. The topological polar surface area (TPSA) is 75.1 Å². The molecule has 2 aromatic heterocycles. The van der Waals surface area contributed by atoms with Crippen molar-refractivity contribution in [2.45, 2.75) is 6.42 Å². The number of aliphatic hydroxyl groups is 1. The van der Waals surface area contributed by atoms with Crippen LogP contribution in [0.3, 0.4) is 0 Å². The molecule has 0 bridgehead atoms. The molecule has 19 heavy (non-hydrogen) atoms. The Labute approximate surface area is 114 Å². The van der Waals surface area contributed by atoms with Crippen LogP contribution in [0.4, 0.5) is 5.13 Å². The number of nitrogens with one attached hydrogen (secondary N) is 1. The second kappa shape index (κ2) is 6.64. The Kier molecular flexibility index (Phi) is 4.61. The maximum atomic E-state index is 12.1. The Morgan fingerprint density at radius 3 is 3.11 bits per heavy atom. The van der Waals surface area contributed by atoms with Crippen molar-refractivity contribution in [2.75, 3.05) is 11.9 Å². The maximum absolute atomic E-state index is 12.1. The lowest BCUT2D eigenvalue weighted by Gasteiger charge is -2.03. The van der Waals surface area contributed by atoms with Crippen molar-refractivity contribution in [3.63, 3.8) is 0 Å². The standard InChI is InChI=1S/C13H11N3O2S/c17-7-2-1-3-10-9-14-5-4-11(10)12(18)16-13-15-6-8-19-13/h4-6,8-9,17H,2,7H2,(H,15,16,18). The molecular formula is C13H11N3O2S. The zero-order valence-corrected chi connectivity index (χ0v) is 10.8. The van der Waals surface area contributed by atoms with Crippen molar-refractivity contribution in [1.82, 2.24) is 9.97 Å². The minimum absolute atomic E-state index is 0.00604. The van der Waals surface area contributed by atoms with E-state index >= 15 is 0 Å². The highest BCUT2D eigenvalue weighted by Crippen LogP contribution is 2.13. The Morgan fingerprint density at radius 2 is 2.37 bits per heavy atom. The second-order valence-corrected chi connectivity index (χ2v) is 4.38. The van der Waals surface area contributed by atoms with Crippen LogP contribution in [-0.4, -0.2) is 27.6 Å². The van der Waals surface area contributed by atoms with Gasteiger partial charge < -0.3 is 5.11 Å². The van der Waals surface area contributed by atoms with Crippen molar-refractivity contribution >= 4 is 22.4 Å². The van der Waals surface area contributed by atoms with Gasteiger partial charge in [0.15, 0.2) is 5.13 Å². The Morgan fingerprint density at radius 1 is 1.47 bits per heavy atom. The molecule has 0 saturated heterocycles. The Balaban J connectivity index is 2.20. The SMILES string of the molecule is O=C(Nc1nccs1)c1ccncc1C#CCCO. The van der Waals surface area contributed by atoms with Crippen molar-refractivity contribution in [3.05, 3.63) is 41.2 Å². The van der Waals surface area contributed by atoms with E-state index in [4.69, 9.17) is 5.11 Å². The monoisotopic (exact) mass is 273 g/mol. The van der Waals surface area contributed by atoms with Crippen LogP contribution in [0.25, 0.3) is 0 Å². The molecule has 0 fully saturated rings. The van der Waals surface area contributed by atoms with Gasteiger partial charge in [-0.05, 0) is 6.07 Å². The zero-order chi connectivity index (χ0) is 13.5. The largest absolute Gasteiger partial charge is 0.395 e. The molecule has 6 heteroatoms. The molecule has 2 N–H and O–H groups in total. The Bertz CT molecular complexity index is 614. The number of pyridine rings is 1. The molecule has 2 heterocycles. The summed E-state index contributed by atoms with van der Waals surface area (Å²) in [5, 5.41) is 13.7. The van der Waals surface area contributed by atoms with Gasteiger partial charge in [-0.3, -0.25) is 15.1 Å². The number of carbonyl (C=O) groups excluding carboxylic acids is 1. The van der Waals surface area contributed by atoms with Gasteiger partial charge in [-0.2, -0.15) is 0 Å². The van der Waals surface area contributed by atoms with Gasteiger partial charge in [-0.15, -0.1) is 11.3 Å². The zero-order valence-electron chi connectivity index (χ0n) is 9.96. The third-order valence-electron chi connectivity index (χ3n) is 2.18. The van der Waals surface area contributed by atoms with Crippen molar-refractivity contribution < 1.29 is 9.90 Å². The molecule has 0 aliphatic carbocycles. The smallest absolute Gasteiger partial charge is 0.258 e. The van der Waals surface area contributed by atoms with Gasteiger partial charge in [0.2, 0.25) is 0 Å². The molecule has 0 aliphatic rings.